The smallest absolute Gasteiger partial charge is 0.164 e. The Bertz CT molecular complexity index is 532. The van der Waals surface area contributed by atoms with Crippen molar-refractivity contribution in [3.8, 4) is 0 Å². The minimum atomic E-state index is -0.998. The van der Waals surface area contributed by atoms with Crippen LogP contribution in [0.2, 0.25) is 0 Å². The monoisotopic (exact) mass is 270 g/mol. The van der Waals surface area contributed by atoms with Gasteiger partial charge in [-0.15, -0.1) is 0 Å². The molecule has 2 aromatic carbocycles. The van der Waals surface area contributed by atoms with Crippen molar-refractivity contribution in [2.45, 2.75) is 13.2 Å². The summed E-state index contributed by atoms with van der Waals surface area (Å²) in [7, 11) is 0. The highest BCUT2D eigenvalue weighted by Crippen LogP contribution is 2.15. The van der Waals surface area contributed by atoms with Gasteiger partial charge in [0, 0.05) is 11.1 Å². The summed E-state index contributed by atoms with van der Waals surface area (Å²) in [5.74, 6) is -3.94. The molecule has 2 aromatic rings. The molecule has 0 amide bonds. The van der Waals surface area contributed by atoms with Gasteiger partial charge in [0.05, 0.1) is 13.2 Å². The van der Waals surface area contributed by atoms with Gasteiger partial charge in [0.2, 0.25) is 0 Å². The Morgan fingerprint density at radius 1 is 0.684 bits per heavy atom. The fourth-order valence-corrected chi connectivity index (χ4v) is 1.59. The van der Waals surface area contributed by atoms with Gasteiger partial charge >= 0.3 is 0 Å². The number of benzene rings is 2. The van der Waals surface area contributed by atoms with Crippen LogP contribution in [0.3, 0.4) is 0 Å². The van der Waals surface area contributed by atoms with Crippen LogP contribution in [0.5, 0.6) is 0 Å². The second-order valence-electron chi connectivity index (χ2n) is 3.92. The lowest BCUT2D eigenvalue weighted by atomic mass is 10.2. The van der Waals surface area contributed by atoms with Crippen molar-refractivity contribution >= 4 is 0 Å². The molecule has 0 fully saturated rings. The Kier molecular flexibility index (Phi) is 4.16. The van der Waals surface area contributed by atoms with Gasteiger partial charge in [-0.1, -0.05) is 24.3 Å². The molecule has 0 aromatic heterocycles. The van der Waals surface area contributed by atoms with Gasteiger partial charge in [-0.05, 0) is 12.1 Å². The zero-order valence-electron chi connectivity index (χ0n) is 9.80. The third kappa shape index (κ3) is 3.12. The third-order valence-corrected chi connectivity index (χ3v) is 2.58. The van der Waals surface area contributed by atoms with Crippen molar-refractivity contribution in [1.29, 1.82) is 0 Å². The normalized spacial score (nSPS) is 10.7. The molecule has 100 valence electrons. The molecule has 0 spiro atoms. The molecule has 0 saturated heterocycles. The van der Waals surface area contributed by atoms with Crippen molar-refractivity contribution in [3.05, 3.63) is 70.8 Å². The van der Waals surface area contributed by atoms with Crippen LogP contribution in [0.1, 0.15) is 11.1 Å². The van der Waals surface area contributed by atoms with Crippen molar-refractivity contribution in [2.24, 2.45) is 0 Å². The van der Waals surface area contributed by atoms with Gasteiger partial charge in [-0.25, -0.2) is 17.6 Å². The molecule has 0 aliphatic carbocycles. The lowest BCUT2D eigenvalue weighted by Gasteiger charge is -2.07. The van der Waals surface area contributed by atoms with E-state index in [4.69, 9.17) is 4.74 Å². The molecule has 0 aliphatic rings. The minimum absolute atomic E-state index is 0.0248. The molecule has 0 aliphatic heterocycles. The van der Waals surface area contributed by atoms with E-state index < -0.39 is 23.3 Å². The van der Waals surface area contributed by atoms with E-state index in [0.717, 1.165) is 12.1 Å². The fourth-order valence-electron chi connectivity index (χ4n) is 1.59. The van der Waals surface area contributed by atoms with Crippen LogP contribution >= 0.6 is 0 Å². The molecule has 2 rings (SSSR count). The fraction of sp³-hybridized carbons (Fsp3) is 0.143. The Hall–Kier alpha value is -1.88. The SMILES string of the molecule is Fc1cccc(COCc2cccc(F)c2F)c1F. The lowest BCUT2D eigenvalue weighted by Crippen LogP contribution is -2.01. The third-order valence-electron chi connectivity index (χ3n) is 2.58. The lowest BCUT2D eigenvalue weighted by molar-refractivity contribution is 0.101. The first-order chi connectivity index (χ1) is 9.09. The van der Waals surface area contributed by atoms with E-state index in [0.29, 0.717) is 0 Å². The quantitative estimate of drug-likeness (QED) is 0.764. The van der Waals surface area contributed by atoms with Crippen molar-refractivity contribution in [3.63, 3.8) is 0 Å². The molecule has 0 saturated carbocycles. The van der Waals surface area contributed by atoms with E-state index in [1.165, 1.54) is 24.3 Å². The van der Waals surface area contributed by atoms with Crippen molar-refractivity contribution < 1.29 is 22.3 Å². The average Bonchev–Trinajstić information content (AvgIpc) is 2.39. The maximum Gasteiger partial charge on any atom is 0.164 e. The predicted octanol–water partition coefficient (Wildman–Crippen LogP) is 3.96. The Balaban J connectivity index is 2.00. The van der Waals surface area contributed by atoms with Crippen LogP contribution in [0.25, 0.3) is 0 Å². The van der Waals surface area contributed by atoms with E-state index in [1.54, 1.807) is 0 Å². The summed E-state index contributed by atoms with van der Waals surface area (Å²) in [4.78, 5) is 0. The molecule has 0 atom stereocenters. The molecule has 0 bridgehead atoms. The van der Waals surface area contributed by atoms with Crippen LogP contribution in [0.15, 0.2) is 36.4 Å². The van der Waals surface area contributed by atoms with Crippen LogP contribution in [0, 0.1) is 23.3 Å². The summed E-state index contributed by atoms with van der Waals surface area (Å²) in [6.07, 6.45) is 0. The van der Waals surface area contributed by atoms with Gasteiger partial charge in [0.25, 0.3) is 0 Å². The highest BCUT2D eigenvalue weighted by atomic mass is 19.2. The van der Waals surface area contributed by atoms with Crippen molar-refractivity contribution in [2.75, 3.05) is 0 Å². The van der Waals surface area contributed by atoms with Gasteiger partial charge in [0.15, 0.2) is 23.3 Å². The summed E-state index contributed by atoms with van der Waals surface area (Å²) in [5.41, 5.74) is 0.0497. The largest absolute Gasteiger partial charge is 0.372 e. The van der Waals surface area contributed by atoms with Crippen LogP contribution in [0.4, 0.5) is 17.6 Å². The highest BCUT2D eigenvalue weighted by molar-refractivity contribution is 5.19. The van der Waals surface area contributed by atoms with E-state index in [2.05, 4.69) is 0 Å². The van der Waals surface area contributed by atoms with Gasteiger partial charge < -0.3 is 4.74 Å². The highest BCUT2D eigenvalue weighted by Gasteiger charge is 2.10. The maximum atomic E-state index is 13.3. The summed E-state index contributed by atoms with van der Waals surface area (Å²) < 4.78 is 57.4. The van der Waals surface area contributed by atoms with Crippen molar-refractivity contribution in [1.82, 2.24) is 0 Å². The van der Waals surface area contributed by atoms with Crippen LogP contribution in [-0.2, 0) is 18.0 Å². The zero-order chi connectivity index (χ0) is 13.8. The molecular formula is C14H10F4O. The van der Waals surface area contributed by atoms with Gasteiger partial charge in [0.1, 0.15) is 0 Å². The Labute approximate surface area is 107 Å². The summed E-state index contributed by atoms with van der Waals surface area (Å²) in [6, 6.07) is 7.40. The zero-order valence-corrected chi connectivity index (χ0v) is 9.80. The summed E-state index contributed by atoms with van der Waals surface area (Å²) in [6.45, 7) is -0.445. The van der Waals surface area contributed by atoms with Gasteiger partial charge in [-0.3, -0.25) is 0 Å². The first kappa shape index (κ1) is 13.5. The van der Waals surface area contributed by atoms with Gasteiger partial charge in [-0.2, -0.15) is 0 Å². The van der Waals surface area contributed by atoms with Crippen LogP contribution < -0.4 is 0 Å². The number of hydrogen-bond donors (Lipinski definition) is 0. The average molecular weight is 270 g/mol. The molecular weight excluding hydrogens is 260 g/mol. The minimum Gasteiger partial charge on any atom is -0.372 e. The number of hydrogen-bond acceptors (Lipinski definition) is 1. The van der Waals surface area contributed by atoms with E-state index in [-0.39, 0.29) is 24.3 Å². The van der Waals surface area contributed by atoms with E-state index in [1.807, 2.05) is 0 Å². The van der Waals surface area contributed by atoms with E-state index in [9.17, 15) is 17.6 Å². The van der Waals surface area contributed by atoms with E-state index >= 15 is 0 Å². The number of halogens is 4. The Morgan fingerprint density at radius 2 is 1.11 bits per heavy atom. The molecule has 0 heterocycles. The topological polar surface area (TPSA) is 9.23 Å². The standard InChI is InChI=1S/C14H10F4O/c15-11-5-1-3-9(13(11)17)7-19-8-10-4-2-6-12(16)14(10)18/h1-6H,7-8H2. The second kappa shape index (κ2) is 5.84. The molecule has 5 heteroatoms. The molecule has 0 unspecified atom stereocenters. The predicted molar refractivity (Wildman–Crippen MR) is 61.2 cm³/mol. The molecule has 0 N–H and O–H groups in total. The van der Waals surface area contributed by atoms with Crippen LogP contribution in [-0.4, -0.2) is 0 Å². The molecule has 1 nitrogen and oxygen atoms in total. The number of ether oxygens (including phenoxy) is 1. The molecule has 19 heavy (non-hydrogen) atoms. The summed E-state index contributed by atoms with van der Waals surface area (Å²) >= 11 is 0. The Morgan fingerprint density at radius 3 is 1.53 bits per heavy atom. The molecule has 0 radical (unpaired) electrons. The maximum absolute atomic E-state index is 13.3. The first-order valence-corrected chi connectivity index (χ1v) is 5.53. The second-order valence-corrected chi connectivity index (χ2v) is 3.92. The summed E-state index contributed by atoms with van der Waals surface area (Å²) in [5, 5.41) is 0. The first-order valence-electron chi connectivity index (χ1n) is 5.53. The number of rotatable bonds is 4.